The molecule has 2 rings (SSSR count). The van der Waals surface area contributed by atoms with Gasteiger partial charge in [0.05, 0.1) is 11.1 Å². The van der Waals surface area contributed by atoms with Crippen LogP contribution in [0.15, 0.2) is 54.6 Å². The molecule has 0 radical (unpaired) electrons. The number of nitrogens with two attached hydrogens (primary N) is 2. The maximum absolute atomic E-state index is 14.6. The summed E-state index contributed by atoms with van der Waals surface area (Å²) in [5.41, 5.74) is 12.8. The standard InChI is InChI=1S/C43H66ClN7O7/c1-12-28(6)37(38(46)52)51(11)43(57)35(24-30-18-14-13-15-19-30)50(10)41(55)33(25-58-36-21-17-16-20-31(36)44)47-39(53)29(7)48(8)42(56)34(23-27(4)5)49(9)40(54)32(45)22-26(2)3/h13-21,26-29,32-35,37H,12,22-25,45H2,1-11H3,(H2,46,52)(H,47,53)/t28-,29-,32-,33-,34-,35-,37-/m0/s1. The topological polar surface area (TPSA) is 189 Å². The first-order chi connectivity index (χ1) is 27.1. The van der Waals surface area contributed by atoms with Crippen LogP contribution in [0.3, 0.4) is 0 Å². The van der Waals surface area contributed by atoms with Crippen molar-refractivity contribution in [1.82, 2.24) is 24.9 Å². The average molecular weight is 828 g/mol. The first kappa shape index (κ1) is 49.5. The highest BCUT2D eigenvalue weighted by Gasteiger charge is 2.40. The number of halogens is 1. The highest BCUT2D eigenvalue weighted by molar-refractivity contribution is 6.32. The summed E-state index contributed by atoms with van der Waals surface area (Å²) in [6.45, 7) is 12.6. The molecule has 0 unspecified atom stereocenters. The zero-order chi connectivity index (χ0) is 44.0. The molecule has 0 fully saturated rings. The number of para-hydroxylation sites is 1. The molecule has 0 bridgehead atoms. The number of likely N-dealkylation sites (N-methyl/N-ethyl adjacent to an activating group) is 4. The van der Waals surface area contributed by atoms with Gasteiger partial charge in [0.25, 0.3) is 0 Å². The molecule has 0 saturated carbocycles. The highest BCUT2D eigenvalue weighted by atomic mass is 35.5. The summed E-state index contributed by atoms with van der Waals surface area (Å²) in [4.78, 5) is 88.2. The van der Waals surface area contributed by atoms with Crippen LogP contribution in [0.25, 0.3) is 0 Å². The molecule has 0 aliphatic rings. The predicted octanol–water partition coefficient (Wildman–Crippen LogP) is 3.73. The summed E-state index contributed by atoms with van der Waals surface area (Å²) in [5.74, 6) is -3.23. The van der Waals surface area contributed by atoms with E-state index in [1.807, 2.05) is 71.9 Å². The van der Waals surface area contributed by atoms with Crippen LogP contribution < -0.4 is 21.5 Å². The summed E-state index contributed by atoms with van der Waals surface area (Å²) in [7, 11) is 5.95. The Balaban J connectivity index is 2.52. The molecule has 2 aromatic carbocycles. The van der Waals surface area contributed by atoms with Crippen LogP contribution in [0.5, 0.6) is 5.75 Å². The zero-order valence-corrected chi connectivity index (χ0v) is 36.9. The molecule has 2 aromatic rings. The second-order valence-electron chi connectivity index (χ2n) is 16.1. The number of rotatable bonds is 22. The Hall–Kier alpha value is -4.69. The lowest BCUT2D eigenvalue weighted by Gasteiger charge is -2.37. The van der Waals surface area contributed by atoms with E-state index >= 15 is 0 Å². The first-order valence-corrected chi connectivity index (χ1v) is 20.3. The number of hydrogen-bond donors (Lipinski definition) is 3. The Bertz CT molecular complexity index is 1690. The number of carbonyl (C=O) groups excluding carboxylic acids is 6. The molecule has 14 nitrogen and oxygen atoms in total. The molecule has 6 amide bonds. The van der Waals surface area contributed by atoms with E-state index in [0.29, 0.717) is 19.3 Å². The highest BCUT2D eigenvalue weighted by Crippen LogP contribution is 2.24. The van der Waals surface area contributed by atoms with Crippen molar-refractivity contribution in [2.45, 2.75) is 110 Å². The Labute approximate surface area is 349 Å². The molecule has 0 aliphatic carbocycles. The first-order valence-electron chi connectivity index (χ1n) is 20.0. The second-order valence-corrected chi connectivity index (χ2v) is 16.5. The van der Waals surface area contributed by atoms with E-state index in [1.165, 1.54) is 47.7 Å². The van der Waals surface area contributed by atoms with Gasteiger partial charge in [-0.15, -0.1) is 0 Å². The Morgan fingerprint density at radius 1 is 0.707 bits per heavy atom. The number of carbonyl (C=O) groups is 6. The zero-order valence-electron chi connectivity index (χ0n) is 36.1. The van der Waals surface area contributed by atoms with Gasteiger partial charge in [0, 0.05) is 34.6 Å². The van der Waals surface area contributed by atoms with Gasteiger partial charge in [0.15, 0.2) is 0 Å². The molecule has 0 saturated heterocycles. The summed E-state index contributed by atoms with van der Waals surface area (Å²) < 4.78 is 5.98. The van der Waals surface area contributed by atoms with E-state index in [1.54, 1.807) is 31.3 Å². The van der Waals surface area contributed by atoms with Gasteiger partial charge < -0.3 is 41.1 Å². The lowest BCUT2D eigenvalue weighted by Crippen LogP contribution is -2.61. The monoisotopic (exact) mass is 827 g/mol. The van der Waals surface area contributed by atoms with Gasteiger partial charge in [0.1, 0.15) is 42.6 Å². The van der Waals surface area contributed by atoms with E-state index < -0.39 is 65.8 Å². The largest absolute Gasteiger partial charge is 0.489 e. The van der Waals surface area contributed by atoms with Gasteiger partial charge in [-0.05, 0) is 55.2 Å². The quantitative estimate of drug-likeness (QED) is 0.160. The average Bonchev–Trinajstić information content (AvgIpc) is 3.18. The molecule has 322 valence electrons. The predicted molar refractivity (Wildman–Crippen MR) is 226 cm³/mol. The van der Waals surface area contributed by atoms with Crippen LogP contribution in [0, 0.1) is 17.8 Å². The fourth-order valence-electron chi connectivity index (χ4n) is 6.77. The van der Waals surface area contributed by atoms with Crippen LogP contribution in [0.2, 0.25) is 5.02 Å². The van der Waals surface area contributed by atoms with Gasteiger partial charge in [-0.3, -0.25) is 28.8 Å². The van der Waals surface area contributed by atoms with Crippen molar-refractivity contribution in [3.63, 3.8) is 0 Å². The normalized spacial score (nSPS) is 14.9. The summed E-state index contributed by atoms with van der Waals surface area (Å²) in [6, 6.07) is 9.49. The van der Waals surface area contributed by atoms with Crippen molar-refractivity contribution >= 4 is 47.0 Å². The summed E-state index contributed by atoms with van der Waals surface area (Å²) >= 11 is 6.37. The number of nitrogens with zero attached hydrogens (tertiary/aromatic N) is 4. The van der Waals surface area contributed by atoms with Gasteiger partial charge in [-0.1, -0.05) is 102 Å². The third-order valence-corrected chi connectivity index (χ3v) is 10.9. The molecule has 0 aromatic heterocycles. The van der Waals surface area contributed by atoms with Gasteiger partial charge in [-0.25, -0.2) is 0 Å². The van der Waals surface area contributed by atoms with Crippen molar-refractivity contribution in [2.24, 2.45) is 29.2 Å². The van der Waals surface area contributed by atoms with Crippen molar-refractivity contribution in [3.8, 4) is 5.75 Å². The number of primary amides is 1. The molecular weight excluding hydrogens is 762 g/mol. The number of ether oxygens (including phenoxy) is 1. The minimum atomic E-state index is -1.37. The minimum Gasteiger partial charge on any atom is -0.489 e. The van der Waals surface area contributed by atoms with Crippen molar-refractivity contribution in [2.75, 3.05) is 34.8 Å². The third kappa shape index (κ3) is 13.7. The smallest absolute Gasteiger partial charge is 0.249 e. The maximum atomic E-state index is 14.6. The minimum absolute atomic E-state index is 0.0246. The van der Waals surface area contributed by atoms with Crippen LogP contribution in [-0.4, -0.2) is 126 Å². The second kappa shape index (κ2) is 23.0. The van der Waals surface area contributed by atoms with Crippen molar-refractivity contribution < 1.29 is 33.5 Å². The number of nitrogens with one attached hydrogen (secondary N) is 1. The van der Waals surface area contributed by atoms with Crippen molar-refractivity contribution in [1.29, 1.82) is 0 Å². The molecule has 0 heterocycles. The van der Waals surface area contributed by atoms with Crippen LogP contribution in [0.4, 0.5) is 0 Å². The van der Waals surface area contributed by atoms with Crippen LogP contribution >= 0.6 is 11.6 Å². The third-order valence-electron chi connectivity index (χ3n) is 10.6. The van der Waals surface area contributed by atoms with E-state index in [-0.39, 0.29) is 47.5 Å². The molecule has 0 aliphatic heterocycles. The molecular formula is C43H66ClN7O7. The molecule has 15 heteroatoms. The van der Waals surface area contributed by atoms with E-state index in [9.17, 15) is 28.8 Å². The Kier molecular flexibility index (Phi) is 19.6. The Morgan fingerprint density at radius 2 is 1.24 bits per heavy atom. The van der Waals surface area contributed by atoms with E-state index in [0.717, 1.165) is 5.56 Å². The molecule has 7 atom stereocenters. The van der Waals surface area contributed by atoms with Gasteiger partial charge in [-0.2, -0.15) is 0 Å². The van der Waals surface area contributed by atoms with E-state index in [4.69, 9.17) is 27.8 Å². The lowest BCUT2D eigenvalue weighted by molar-refractivity contribution is -0.150. The Morgan fingerprint density at radius 3 is 1.78 bits per heavy atom. The number of amides is 6. The van der Waals surface area contributed by atoms with Crippen LogP contribution in [0.1, 0.15) is 73.3 Å². The van der Waals surface area contributed by atoms with E-state index in [2.05, 4.69) is 5.32 Å². The summed E-state index contributed by atoms with van der Waals surface area (Å²) in [6.07, 6.45) is 1.42. The molecule has 58 heavy (non-hydrogen) atoms. The molecule has 0 spiro atoms. The van der Waals surface area contributed by atoms with Gasteiger partial charge >= 0.3 is 0 Å². The van der Waals surface area contributed by atoms with Crippen molar-refractivity contribution in [3.05, 3.63) is 65.2 Å². The fraction of sp³-hybridized carbons (Fsp3) is 0.581. The molecule has 5 N–H and O–H groups in total. The lowest BCUT2D eigenvalue weighted by atomic mass is 9.95. The number of hydrogen-bond acceptors (Lipinski definition) is 8. The number of benzene rings is 2. The van der Waals surface area contributed by atoms with Crippen LogP contribution in [-0.2, 0) is 35.2 Å². The maximum Gasteiger partial charge on any atom is 0.249 e. The SMILES string of the molecule is CC[C@H](C)[C@@H](C(N)=O)N(C)C(=O)[C@H](Cc1ccccc1)N(C)C(=O)[C@H](COc1ccccc1Cl)NC(=O)[C@H](C)N(C)C(=O)[C@H](CC(C)C)N(C)C(=O)[C@@H](N)CC(C)C. The fourth-order valence-corrected chi connectivity index (χ4v) is 6.96. The summed E-state index contributed by atoms with van der Waals surface area (Å²) in [5, 5.41) is 3.03. The van der Waals surface area contributed by atoms with Gasteiger partial charge in [0.2, 0.25) is 35.4 Å².